The molecule has 1 N–H and O–H groups in total. The molecule has 0 aliphatic heterocycles. The number of pyridine rings is 1. The summed E-state index contributed by atoms with van der Waals surface area (Å²) in [6.45, 7) is 4.47. The minimum atomic E-state index is -0.756. The van der Waals surface area contributed by atoms with Gasteiger partial charge in [-0.25, -0.2) is 0 Å². The van der Waals surface area contributed by atoms with E-state index in [1.54, 1.807) is 6.20 Å². The van der Waals surface area contributed by atoms with E-state index in [0.29, 0.717) is 18.1 Å². The number of hydrogen-bond acceptors (Lipinski definition) is 3. The van der Waals surface area contributed by atoms with Gasteiger partial charge in [-0.05, 0) is 31.5 Å². The third kappa shape index (κ3) is 2.68. The normalized spacial score (nSPS) is 12.2. The summed E-state index contributed by atoms with van der Waals surface area (Å²) in [4.78, 5) is 4.25. The monoisotopic (exact) mass is 243 g/mol. The second kappa shape index (κ2) is 5.65. The number of aliphatic hydroxyl groups is 1. The zero-order valence-corrected chi connectivity index (χ0v) is 10.6. The first-order valence-corrected chi connectivity index (χ1v) is 6.04. The number of aliphatic hydroxyl groups excluding tert-OH is 1. The van der Waals surface area contributed by atoms with Crippen molar-refractivity contribution in [3.05, 3.63) is 59.4 Å². The van der Waals surface area contributed by atoms with Crippen molar-refractivity contribution in [3.63, 3.8) is 0 Å². The zero-order chi connectivity index (χ0) is 13.0. The highest BCUT2D eigenvalue weighted by molar-refractivity contribution is 5.38. The summed E-state index contributed by atoms with van der Waals surface area (Å²) >= 11 is 0. The molecule has 0 saturated heterocycles. The smallest absolute Gasteiger partial charge is 0.125 e. The maximum Gasteiger partial charge on any atom is 0.125 e. The second-order valence-corrected chi connectivity index (χ2v) is 4.13. The fourth-order valence-corrected chi connectivity index (χ4v) is 1.79. The summed E-state index contributed by atoms with van der Waals surface area (Å²) in [6, 6.07) is 11.3. The highest BCUT2D eigenvalue weighted by Crippen LogP contribution is 2.28. The van der Waals surface area contributed by atoms with E-state index in [1.807, 2.05) is 50.2 Å². The molecule has 1 unspecified atom stereocenters. The lowest BCUT2D eigenvalue weighted by atomic mass is 10.0. The molecule has 3 nitrogen and oxygen atoms in total. The molecule has 2 rings (SSSR count). The Morgan fingerprint density at radius 2 is 2.00 bits per heavy atom. The van der Waals surface area contributed by atoms with Gasteiger partial charge in [-0.1, -0.05) is 24.3 Å². The van der Waals surface area contributed by atoms with Gasteiger partial charge in [-0.3, -0.25) is 4.98 Å². The van der Waals surface area contributed by atoms with Gasteiger partial charge in [0.05, 0.1) is 12.3 Å². The van der Waals surface area contributed by atoms with E-state index in [4.69, 9.17) is 4.74 Å². The van der Waals surface area contributed by atoms with Crippen molar-refractivity contribution < 1.29 is 9.84 Å². The fourth-order valence-electron chi connectivity index (χ4n) is 1.79. The van der Waals surface area contributed by atoms with Crippen LogP contribution in [0.25, 0.3) is 0 Å². The zero-order valence-electron chi connectivity index (χ0n) is 10.6. The van der Waals surface area contributed by atoms with Crippen LogP contribution in [-0.4, -0.2) is 16.7 Å². The molecule has 0 fully saturated rings. The van der Waals surface area contributed by atoms with Crippen molar-refractivity contribution in [1.29, 1.82) is 0 Å². The van der Waals surface area contributed by atoms with E-state index in [-0.39, 0.29) is 0 Å². The number of para-hydroxylation sites is 1. The predicted octanol–water partition coefficient (Wildman–Crippen LogP) is 2.87. The van der Waals surface area contributed by atoms with Crippen LogP contribution in [0.15, 0.2) is 42.6 Å². The van der Waals surface area contributed by atoms with Crippen molar-refractivity contribution in [3.8, 4) is 5.75 Å². The summed E-state index contributed by atoms with van der Waals surface area (Å²) < 4.78 is 5.52. The molecule has 0 saturated carbocycles. The summed E-state index contributed by atoms with van der Waals surface area (Å²) in [6.07, 6.45) is 0.996. The summed E-state index contributed by atoms with van der Waals surface area (Å²) in [5, 5.41) is 10.3. The van der Waals surface area contributed by atoms with Crippen LogP contribution in [0.3, 0.4) is 0 Å². The molecule has 1 aromatic heterocycles. The van der Waals surface area contributed by atoms with Crippen LogP contribution in [-0.2, 0) is 0 Å². The summed E-state index contributed by atoms with van der Waals surface area (Å²) in [7, 11) is 0. The van der Waals surface area contributed by atoms with Crippen LogP contribution in [0.5, 0.6) is 5.75 Å². The largest absolute Gasteiger partial charge is 0.493 e. The second-order valence-electron chi connectivity index (χ2n) is 4.13. The average molecular weight is 243 g/mol. The topological polar surface area (TPSA) is 42.4 Å². The molecule has 0 radical (unpaired) electrons. The minimum Gasteiger partial charge on any atom is -0.493 e. The van der Waals surface area contributed by atoms with Gasteiger partial charge in [-0.2, -0.15) is 0 Å². The third-order valence-corrected chi connectivity index (χ3v) is 2.73. The fraction of sp³-hybridized carbons (Fsp3) is 0.267. The Hall–Kier alpha value is -1.87. The molecule has 0 aliphatic carbocycles. The van der Waals surface area contributed by atoms with Gasteiger partial charge in [0.2, 0.25) is 0 Å². The summed E-state index contributed by atoms with van der Waals surface area (Å²) in [5.41, 5.74) is 2.45. The van der Waals surface area contributed by atoms with E-state index < -0.39 is 6.10 Å². The number of ether oxygens (including phenoxy) is 1. The highest BCUT2D eigenvalue weighted by Gasteiger charge is 2.15. The maximum atomic E-state index is 10.3. The van der Waals surface area contributed by atoms with Crippen LogP contribution in [0.2, 0.25) is 0 Å². The van der Waals surface area contributed by atoms with Crippen molar-refractivity contribution >= 4 is 0 Å². The molecule has 3 heteroatoms. The van der Waals surface area contributed by atoms with Crippen LogP contribution >= 0.6 is 0 Å². The van der Waals surface area contributed by atoms with Crippen LogP contribution in [0.1, 0.15) is 29.8 Å². The van der Waals surface area contributed by atoms with Gasteiger partial charge < -0.3 is 9.84 Å². The molecule has 0 bridgehead atoms. The molecule has 2 aromatic rings. The third-order valence-electron chi connectivity index (χ3n) is 2.73. The van der Waals surface area contributed by atoms with Crippen molar-refractivity contribution in [2.75, 3.05) is 6.61 Å². The number of hydrogen-bond donors (Lipinski definition) is 1. The maximum absolute atomic E-state index is 10.3. The highest BCUT2D eigenvalue weighted by atomic mass is 16.5. The first-order valence-electron chi connectivity index (χ1n) is 6.04. The molecule has 0 spiro atoms. The lowest BCUT2D eigenvalue weighted by Gasteiger charge is -2.15. The van der Waals surface area contributed by atoms with Gasteiger partial charge in [0.1, 0.15) is 11.9 Å². The molecule has 94 valence electrons. The Morgan fingerprint density at radius 3 is 2.67 bits per heavy atom. The Kier molecular flexibility index (Phi) is 3.95. The van der Waals surface area contributed by atoms with Gasteiger partial charge in [-0.15, -0.1) is 0 Å². The number of nitrogens with zero attached hydrogens (tertiary/aromatic N) is 1. The van der Waals surface area contributed by atoms with E-state index in [0.717, 1.165) is 11.1 Å². The van der Waals surface area contributed by atoms with Crippen LogP contribution in [0, 0.1) is 6.92 Å². The van der Waals surface area contributed by atoms with Gasteiger partial charge in [0.15, 0.2) is 0 Å². The summed E-state index contributed by atoms with van der Waals surface area (Å²) in [5.74, 6) is 0.704. The minimum absolute atomic E-state index is 0.574. The number of rotatable bonds is 4. The number of aryl methyl sites for hydroxylation is 1. The number of benzene rings is 1. The van der Waals surface area contributed by atoms with Crippen LogP contribution < -0.4 is 4.74 Å². The molecule has 18 heavy (non-hydrogen) atoms. The Balaban J connectivity index is 2.33. The lowest BCUT2D eigenvalue weighted by molar-refractivity contribution is 0.207. The number of aromatic nitrogens is 1. The van der Waals surface area contributed by atoms with Gasteiger partial charge >= 0.3 is 0 Å². The lowest BCUT2D eigenvalue weighted by Crippen LogP contribution is -2.05. The van der Waals surface area contributed by atoms with E-state index >= 15 is 0 Å². The van der Waals surface area contributed by atoms with E-state index in [1.165, 1.54) is 0 Å². The molecule has 1 heterocycles. The molecular weight excluding hydrogens is 226 g/mol. The molecule has 1 aromatic carbocycles. The Morgan fingerprint density at radius 1 is 1.22 bits per heavy atom. The van der Waals surface area contributed by atoms with Crippen molar-refractivity contribution in [1.82, 2.24) is 4.98 Å². The quantitative estimate of drug-likeness (QED) is 0.897. The molecule has 1 atom stereocenters. The first kappa shape index (κ1) is 12.6. The molecule has 0 amide bonds. The van der Waals surface area contributed by atoms with Crippen LogP contribution in [0.4, 0.5) is 0 Å². The molecule has 0 aliphatic rings. The Labute approximate surface area is 107 Å². The Bertz CT molecular complexity index is 508. The average Bonchev–Trinajstić information content (AvgIpc) is 2.40. The van der Waals surface area contributed by atoms with Gasteiger partial charge in [0, 0.05) is 11.8 Å². The SMILES string of the molecule is CCOc1ccccc1C(O)c1ccc(C)cn1. The van der Waals surface area contributed by atoms with Gasteiger partial charge in [0.25, 0.3) is 0 Å². The van der Waals surface area contributed by atoms with Crippen molar-refractivity contribution in [2.24, 2.45) is 0 Å². The standard InChI is InChI=1S/C15H17NO2/c1-3-18-14-7-5-4-6-12(14)15(17)13-9-8-11(2)10-16-13/h4-10,15,17H,3H2,1-2H3. The molecular formula is C15H17NO2. The van der Waals surface area contributed by atoms with E-state index in [2.05, 4.69) is 4.98 Å². The van der Waals surface area contributed by atoms with E-state index in [9.17, 15) is 5.11 Å². The van der Waals surface area contributed by atoms with Crippen molar-refractivity contribution in [2.45, 2.75) is 20.0 Å². The first-order chi connectivity index (χ1) is 8.72. The predicted molar refractivity (Wildman–Crippen MR) is 70.6 cm³/mol.